The van der Waals surface area contributed by atoms with E-state index in [9.17, 15) is 0 Å². The van der Waals surface area contributed by atoms with Crippen molar-refractivity contribution in [2.24, 2.45) is 62.6 Å². The summed E-state index contributed by atoms with van der Waals surface area (Å²) in [4.78, 5) is 0. The SMILES string of the molecule is CC1C2CC34CC(C)(C2C)C3(C)C2(C)C4C(C)C2(C)C1C. The quantitative estimate of drug-likeness (QED) is 0.542. The molecular formula is C21H34. The van der Waals surface area contributed by atoms with E-state index < -0.39 is 0 Å². The maximum absolute atomic E-state index is 2.73. The van der Waals surface area contributed by atoms with Crippen LogP contribution in [0.5, 0.6) is 0 Å². The molecule has 1 spiro atoms. The van der Waals surface area contributed by atoms with Crippen molar-refractivity contribution in [3.63, 3.8) is 0 Å². The Morgan fingerprint density at radius 3 is 2.05 bits per heavy atom. The lowest BCUT2D eigenvalue weighted by molar-refractivity contribution is -0.550. The third kappa shape index (κ3) is 0.749. The standard InChI is InChI=1S/C21H34/c1-11-12(2)18(6)14(4)16-19(18,7)20(8)17(5)10-21(16,20)9-15(11)13(17)3/h11-16H,9-10H2,1-8H3. The molecule has 0 nitrogen and oxygen atoms in total. The highest BCUT2D eigenvalue weighted by Gasteiger charge is 2.98. The van der Waals surface area contributed by atoms with Gasteiger partial charge in [-0.2, -0.15) is 0 Å². The van der Waals surface area contributed by atoms with Crippen LogP contribution >= 0.6 is 0 Å². The van der Waals surface area contributed by atoms with Gasteiger partial charge in [0, 0.05) is 0 Å². The van der Waals surface area contributed by atoms with Gasteiger partial charge >= 0.3 is 0 Å². The van der Waals surface area contributed by atoms with Crippen LogP contribution in [0.1, 0.15) is 68.2 Å². The maximum Gasteiger partial charge on any atom is -0.0147 e. The molecule has 0 aromatic rings. The van der Waals surface area contributed by atoms with Gasteiger partial charge in [0.15, 0.2) is 0 Å². The van der Waals surface area contributed by atoms with Gasteiger partial charge in [0.25, 0.3) is 0 Å². The van der Waals surface area contributed by atoms with Crippen LogP contribution in [-0.2, 0) is 0 Å². The number of hydrogen-bond donors (Lipinski definition) is 0. The van der Waals surface area contributed by atoms with Crippen molar-refractivity contribution < 1.29 is 0 Å². The first-order chi connectivity index (χ1) is 9.56. The first-order valence-electron chi connectivity index (χ1n) is 9.56. The van der Waals surface area contributed by atoms with Crippen molar-refractivity contribution in [3.8, 4) is 0 Å². The highest BCUT2D eigenvalue weighted by Crippen LogP contribution is 3.03. The van der Waals surface area contributed by atoms with E-state index in [4.69, 9.17) is 0 Å². The van der Waals surface area contributed by atoms with E-state index in [0.717, 1.165) is 40.9 Å². The van der Waals surface area contributed by atoms with Gasteiger partial charge in [0.2, 0.25) is 0 Å². The summed E-state index contributed by atoms with van der Waals surface area (Å²) in [7, 11) is 0. The van der Waals surface area contributed by atoms with Gasteiger partial charge < -0.3 is 0 Å². The lowest BCUT2D eigenvalue weighted by Gasteiger charge is -3.02. The van der Waals surface area contributed by atoms with Gasteiger partial charge in [0.1, 0.15) is 0 Å². The zero-order chi connectivity index (χ0) is 15.4. The highest BCUT2D eigenvalue weighted by atomic mass is 15.0. The first-order valence-corrected chi connectivity index (χ1v) is 9.56. The fourth-order valence-corrected chi connectivity index (χ4v) is 10.9. The van der Waals surface area contributed by atoms with Gasteiger partial charge in [-0.25, -0.2) is 0 Å². The average molecular weight is 287 g/mol. The summed E-state index contributed by atoms with van der Waals surface area (Å²) in [5.41, 5.74) is 3.18. The molecule has 9 fully saturated rings. The second-order valence-electron chi connectivity index (χ2n) is 10.9. The van der Waals surface area contributed by atoms with E-state index in [2.05, 4.69) is 55.4 Å². The smallest absolute Gasteiger partial charge is 0.0147 e. The Balaban J connectivity index is 1.81. The largest absolute Gasteiger partial charge is 0.0620 e. The lowest BCUT2D eigenvalue weighted by atomic mass is 9.02. The summed E-state index contributed by atoms with van der Waals surface area (Å²) < 4.78 is 0. The van der Waals surface area contributed by atoms with Crippen molar-refractivity contribution in [3.05, 3.63) is 0 Å². The third-order valence-corrected chi connectivity index (χ3v) is 12.3. The fourth-order valence-electron chi connectivity index (χ4n) is 10.9. The van der Waals surface area contributed by atoms with E-state index in [0.29, 0.717) is 21.7 Å². The van der Waals surface area contributed by atoms with Crippen LogP contribution in [-0.4, -0.2) is 0 Å². The second-order valence-corrected chi connectivity index (χ2v) is 10.9. The highest BCUT2D eigenvalue weighted by molar-refractivity contribution is 5.45. The minimum Gasteiger partial charge on any atom is -0.0620 e. The number of rotatable bonds is 0. The Labute approximate surface area is 131 Å². The van der Waals surface area contributed by atoms with Crippen molar-refractivity contribution >= 4 is 0 Å². The minimum atomic E-state index is 0.579. The van der Waals surface area contributed by atoms with Crippen LogP contribution in [0.2, 0.25) is 0 Å². The molecule has 0 aliphatic heterocycles. The molecule has 118 valence electrons. The summed E-state index contributed by atoms with van der Waals surface area (Å²) >= 11 is 0. The van der Waals surface area contributed by atoms with Crippen molar-refractivity contribution in [2.75, 3.05) is 0 Å². The number of hydrogen-bond acceptors (Lipinski definition) is 0. The molecule has 0 saturated heterocycles. The van der Waals surface area contributed by atoms with E-state index in [-0.39, 0.29) is 0 Å². The van der Waals surface area contributed by atoms with Gasteiger partial charge in [-0.3, -0.25) is 0 Å². The molecule has 9 aliphatic carbocycles. The molecule has 0 heteroatoms. The molecule has 9 saturated carbocycles. The van der Waals surface area contributed by atoms with Crippen molar-refractivity contribution in [1.82, 2.24) is 0 Å². The summed E-state index contributed by atoms with van der Waals surface area (Å²) in [5.74, 6) is 5.72. The van der Waals surface area contributed by atoms with Gasteiger partial charge in [-0.05, 0) is 75.4 Å². The van der Waals surface area contributed by atoms with Crippen LogP contribution in [0.25, 0.3) is 0 Å². The molecule has 21 heavy (non-hydrogen) atoms. The summed E-state index contributed by atoms with van der Waals surface area (Å²) in [5, 5.41) is 0. The first kappa shape index (κ1) is 13.4. The Morgan fingerprint density at radius 2 is 1.43 bits per heavy atom. The van der Waals surface area contributed by atoms with Crippen LogP contribution < -0.4 is 0 Å². The Hall–Kier alpha value is 0. The molecular weight excluding hydrogens is 252 g/mol. The molecule has 11 atom stereocenters. The Morgan fingerprint density at radius 1 is 0.810 bits per heavy atom. The van der Waals surface area contributed by atoms with Crippen molar-refractivity contribution in [1.29, 1.82) is 0 Å². The summed E-state index contributed by atoms with van der Waals surface area (Å²) in [6, 6.07) is 0. The molecule has 0 radical (unpaired) electrons. The maximum atomic E-state index is 2.73. The van der Waals surface area contributed by atoms with Gasteiger partial charge in [-0.15, -0.1) is 0 Å². The van der Waals surface area contributed by atoms with Crippen LogP contribution in [0.15, 0.2) is 0 Å². The Kier molecular flexibility index (Phi) is 1.85. The van der Waals surface area contributed by atoms with E-state index in [1.54, 1.807) is 12.8 Å². The third-order valence-electron chi connectivity index (χ3n) is 12.3. The minimum absolute atomic E-state index is 0.579. The predicted octanol–water partition coefficient (Wildman–Crippen LogP) is 5.62. The fraction of sp³-hybridized carbons (Fsp3) is 1.00. The Bertz CT molecular complexity index is 562. The molecule has 0 N–H and O–H groups in total. The molecule has 0 heterocycles. The predicted molar refractivity (Wildman–Crippen MR) is 87.7 cm³/mol. The van der Waals surface area contributed by atoms with Crippen LogP contribution in [0.4, 0.5) is 0 Å². The molecule has 0 amide bonds. The molecule has 0 aromatic heterocycles. The topological polar surface area (TPSA) is 0 Å². The summed E-state index contributed by atoms with van der Waals surface area (Å²) in [6.45, 7) is 21.2. The molecule has 9 aliphatic rings. The average Bonchev–Trinajstić information content (AvgIpc) is 2.45. The van der Waals surface area contributed by atoms with E-state index in [1.807, 2.05) is 0 Å². The summed E-state index contributed by atoms with van der Waals surface area (Å²) in [6.07, 6.45) is 3.11. The van der Waals surface area contributed by atoms with Crippen LogP contribution in [0, 0.1) is 62.6 Å². The van der Waals surface area contributed by atoms with E-state index in [1.165, 1.54) is 0 Å². The zero-order valence-corrected chi connectivity index (χ0v) is 15.4. The van der Waals surface area contributed by atoms with E-state index >= 15 is 0 Å². The van der Waals surface area contributed by atoms with Crippen LogP contribution in [0.3, 0.4) is 0 Å². The second kappa shape index (κ2) is 2.89. The molecule has 7 bridgehead atoms. The monoisotopic (exact) mass is 286 g/mol. The van der Waals surface area contributed by atoms with Gasteiger partial charge in [0.05, 0.1) is 0 Å². The van der Waals surface area contributed by atoms with Crippen molar-refractivity contribution in [2.45, 2.75) is 68.2 Å². The lowest BCUT2D eigenvalue weighted by Crippen LogP contribution is -2.97. The normalized spacial score (nSPS) is 80.0. The molecule has 0 aromatic carbocycles. The molecule has 11 unspecified atom stereocenters. The van der Waals surface area contributed by atoms with Gasteiger partial charge in [-0.1, -0.05) is 55.4 Å². The molecule has 9 rings (SSSR count). The zero-order valence-electron chi connectivity index (χ0n) is 15.4.